The van der Waals surface area contributed by atoms with E-state index in [1.54, 1.807) is 6.92 Å². The lowest BCUT2D eigenvalue weighted by Gasteiger charge is -2.09. The third-order valence-electron chi connectivity index (χ3n) is 2.77. The molecule has 1 aliphatic heterocycles. The molecule has 1 heterocycles. The van der Waals surface area contributed by atoms with Crippen molar-refractivity contribution in [3.05, 3.63) is 42.8 Å². The average molecular weight is 363 g/mol. The molecule has 0 radical (unpaired) electrons. The SMILES string of the molecule is CCN1C(=O)/C(=C\c2c(Cl)ccc([N+](=O)[O-])c2Cl)SC1=S. The fourth-order valence-electron chi connectivity index (χ4n) is 1.73. The molecule has 21 heavy (non-hydrogen) atoms. The van der Waals surface area contributed by atoms with E-state index in [1.165, 1.54) is 23.1 Å². The largest absolute Gasteiger partial charge is 0.293 e. The van der Waals surface area contributed by atoms with Crippen LogP contribution >= 0.6 is 47.2 Å². The van der Waals surface area contributed by atoms with Crippen molar-refractivity contribution in [1.82, 2.24) is 4.90 Å². The lowest BCUT2D eigenvalue weighted by atomic mass is 10.1. The molecule has 1 aliphatic rings. The number of nitrogens with zero attached hydrogens (tertiary/aromatic N) is 2. The summed E-state index contributed by atoms with van der Waals surface area (Å²) in [4.78, 5) is 24.2. The maximum absolute atomic E-state index is 12.1. The number of halogens is 2. The number of hydrogen-bond donors (Lipinski definition) is 0. The lowest BCUT2D eigenvalue weighted by Crippen LogP contribution is -2.27. The number of thiocarbonyl (C=S) groups is 1. The van der Waals surface area contributed by atoms with E-state index < -0.39 is 4.92 Å². The van der Waals surface area contributed by atoms with Gasteiger partial charge >= 0.3 is 0 Å². The van der Waals surface area contributed by atoms with E-state index in [1.807, 2.05) is 0 Å². The van der Waals surface area contributed by atoms with Crippen molar-refractivity contribution in [2.24, 2.45) is 0 Å². The molecule has 9 heteroatoms. The topological polar surface area (TPSA) is 63.5 Å². The van der Waals surface area contributed by atoms with Crippen LogP contribution in [0.2, 0.25) is 10.0 Å². The van der Waals surface area contributed by atoms with Crippen molar-refractivity contribution in [1.29, 1.82) is 0 Å². The van der Waals surface area contributed by atoms with Gasteiger partial charge in [0.2, 0.25) is 0 Å². The molecule has 1 amide bonds. The number of hydrogen-bond acceptors (Lipinski definition) is 5. The van der Waals surface area contributed by atoms with E-state index in [0.29, 0.717) is 15.8 Å². The predicted octanol–water partition coefficient (Wildman–Crippen LogP) is 4.12. The van der Waals surface area contributed by atoms with Crippen LogP contribution in [0.4, 0.5) is 5.69 Å². The van der Waals surface area contributed by atoms with Gasteiger partial charge in [0.15, 0.2) is 0 Å². The van der Waals surface area contributed by atoms with Crippen LogP contribution in [0.5, 0.6) is 0 Å². The molecular weight excluding hydrogens is 355 g/mol. The number of rotatable bonds is 3. The average Bonchev–Trinajstić information content (AvgIpc) is 2.68. The Morgan fingerprint density at radius 3 is 2.67 bits per heavy atom. The second-order valence-corrected chi connectivity index (χ2v) is 6.44. The number of benzene rings is 1. The Morgan fingerprint density at radius 2 is 2.14 bits per heavy atom. The molecule has 0 unspecified atom stereocenters. The van der Waals surface area contributed by atoms with Crippen LogP contribution in [0, 0.1) is 10.1 Å². The van der Waals surface area contributed by atoms with Crippen molar-refractivity contribution >= 4 is 69.2 Å². The molecule has 1 aromatic rings. The highest BCUT2D eigenvalue weighted by atomic mass is 35.5. The van der Waals surface area contributed by atoms with Gasteiger partial charge in [0.05, 0.1) is 9.83 Å². The Hall–Kier alpha value is -1.15. The van der Waals surface area contributed by atoms with Gasteiger partial charge in [-0.15, -0.1) is 0 Å². The Bertz CT molecular complexity index is 691. The second-order valence-electron chi connectivity index (χ2n) is 3.98. The van der Waals surface area contributed by atoms with Gasteiger partial charge in [-0.3, -0.25) is 19.8 Å². The number of likely N-dealkylation sites (N-methyl/N-ethyl adjacent to an activating group) is 1. The lowest BCUT2D eigenvalue weighted by molar-refractivity contribution is -0.384. The van der Waals surface area contributed by atoms with Crippen LogP contribution in [0.1, 0.15) is 12.5 Å². The molecule has 1 fully saturated rings. The maximum Gasteiger partial charge on any atom is 0.288 e. The fourth-order valence-corrected chi connectivity index (χ4v) is 3.65. The van der Waals surface area contributed by atoms with Crippen molar-refractivity contribution in [3.8, 4) is 0 Å². The van der Waals surface area contributed by atoms with E-state index in [2.05, 4.69) is 0 Å². The molecule has 2 rings (SSSR count). The highest BCUT2D eigenvalue weighted by Crippen LogP contribution is 2.38. The Morgan fingerprint density at radius 1 is 1.48 bits per heavy atom. The van der Waals surface area contributed by atoms with Crippen LogP contribution in [0.25, 0.3) is 6.08 Å². The molecule has 1 aromatic carbocycles. The Labute approximate surface area is 140 Å². The molecule has 0 saturated carbocycles. The quantitative estimate of drug-likeness (QED) is 0.350. The van der Waals surface area contributed by atoms with E-state index in [4.69, 9.17) is 35.4 Å². The zero-order chi connectivity index (χ0) is 15.7. The summed E-state index contributed by atoms with van der Waals surface area (Å²) < 4.78 is 0.437. The number of carbonyl (C=O) groups is 1. The first kappa shape index (κ1) is 16.2. The van der Waals surface area contributed by atoms with Gasteiger partial charge in [-0.1, -0.05) is 47.2 Å². The summed E-state index contributed by atoms with van der Waals surface area (Å²) in [6.07, 6.45) is 1.44. The smallest absolute Gasteiger partial charge is 0.288 e. The number of carbonyl (C=O) groups excluding carboxylic acids is 1. The van der Waals surface area contributed by atoms with E-state index >= 15 is 0 Å². The van der Waals surface area contributed by atoms with E-state index in [9.17, 15) is 14.9 Å². The van der Waals surface area contributed by atoms with Gasteiger partial charge in [-0.05, 0) is 19.1 Å². The summed E-state index contributed by atoms with van der Waals surface area (Å²) in [5, 5.41) is 11.0. The van der Waals surface area contributed by atoms with E-state index in [-0.39, 0.29) is 27.2 Å². The monoisotopic (exact) mass is 362 g/mol. The number of nitro groups is 1. The first-order chi connectivity index (χ1) is 9.86. The summed E-state index contributed by atoms with van der Waals surface area (Å²) in [6, 6.07) is 2.59. The second kappa shape index (κ2) is 6.31. The van der Waals surface area contributed by atoms with E-state index in [0.717, 1.165) is 11.8 Å². The molecule has 5 nitrogen and oxygen atoms in total. The minimum atomic E-state index is -0.604. The third-order valence-corrected chi connectivity index (χ3v) is 4.87. The third kappa shape index (κ3) is 3.06. The molecule has 0 atom stereocenters. The van der Waals surface area contributed by atoms with Crippen LogP contribution in [0.3, 0.4) is 0 Å². The number of thioether (sulfide) groups is 1. The summed E-state index contributed by atoms with van der Waals surface area (Å²) in [7, 11) is 0. The zero-order valence-corrected chi connectivity index (χ0v) is 13.8. The molecular formula is C12H8Cl2N2O3S2. The summed E-state index contributed by atoms with van der Waals surface area (Å²) in [5.74, 6) is -0.258. The van der Waals surface area contributed by atoms with Crippen molar-refractivity contribution in [2.45, 2.75) is 6.92 Å². The Balaban J connectivity index is 2.51. The standard InChI is InChI=1S/C12H8Cl2N2O3S2/c1-2-15-11(17)9(21-12(15)20)5-6-7(13)3-4-8(10(6)14)16(18)19/h3-5H,2H2,1H3/b9-5+. The first-order valence-electron chi connectivity index (χ1n) is 5.74. The van der Waals surface area contributed by atoms with Gasteiger partial charge in [0.25, 0.3) is 11.6 Å². The van der Waals surface area contributed by atoms with Gasteiger partial charge in [0.1, 0.15) is 9.34 Å². The van der Waals surface area contributed by atoms with Gasteiger partial charge in [-0.2, -0.15) is 0 Å². The maximum atomic E-state index is 12.1. The minimum Gasteiger partial charge on any atom is -0.293 e. The molecule has 0 aliphatic carbocycles. The van der Waals surface area contributed by atoms with Crippen molar-refractivity contribution < 1.29 is 9.72 Å². The minimum absolute atomic E-state index is 0.103. The fraction of sp³-hybridized carbons (Fsp3) is 0.167. The zero-order valence-electron chi connectivity index (χ0n) is 10.6. The normalized spacial score (nSPS) is 16.9. The highest BCUT2D eigenvalue weighted by molar-refractivity contribution is 8.26. The highest BCUT2D eigenvalue weighted by Gasteiger charge is 2.31. The molecule has 0 N–H and O–H groups in total. The van der Waals surface area contributed by atoms with Gasteiger partial charge < -0.3 is 0 Å². The number of amides is 1. The molecule has 1 saturated heterocycles. The summed E-state index contributed by atoms with van der Waals surface area (Å²) in [5.41, 5.74) is -0.0255. The molecule has 0 spiro atoms. The summed E-state index contributed by atoms with van der Waals surface area (Å²) in [6.45, 7) is 2.26. The predicted molar refractivity (Wildman–Crippen MR) is 88.7 cm³/mol. The van der Waals surface area contributed by atoms with Gasteiger partial charge in [0, 0.05) is 23.2 Å². The van der Waals surface area contributed by atoms with Crippen LogP contribution in [-0.2, 0) is 4.79 Å². The number of nitro benzene ring substituents is 1. The van der Waals surface area contributed by atoms with Crippen molar-refractivity contribution in [3.63, 3.8) is 0 Å². The summed E-state index contributed by atoms with van der Waals surface area (Å²) >= 11 is 18.2. The molecule has 0 aromatic heterocycles. The first-order valence-corrected chi connectivity index (χ1v) is 7.72. The molecule has 110 valence electrons. The van der Waals surface area contributed by atoms with Gasteiger partial charge in [-0.25, -0.2) is 0 Å². The Kier molecular flexibility index (Phi) is 4.88. The molecule has 0 bridgehead atoms. The van der Waals surface area contributed by atoms with Crippen LogP contribution < -0.4 is 0 Å². The van der Waals surface area contributed by atoms with Crippen LogP contribution in [-0.4, -0.2) is 26.6 Å². The van der Waals surface area contributed by atoms with Crippen LogP contribution in [0.15, 0.2) is 17.0 Å². The van der Waals surface area contributed by atoms with Crippen molar-refractivity contribution in [2.75, 3.05) is 6.54 Å².